The molecular weight excluding hydrogens is 289 g/mol. The van der Waals surface area contributed by atoms with Crippen molar-refractivity contribution in [1.82, 2.24) is 5.32 Å². The van der Waals surface area contributed by atoms with Crippen LogP contribution in [-0.4, -0.2) is 23.1 Å². The number of hydrogen-bond donors (Lipinski definition) is 3. The highest BCUT2D eigenvalue weighted by molar-refractivity contribution is 5.92. The summed E-state index contributed by atoms with van der Waals surface area (Å²) in [6.07, 6.45) is -4.37. The third-order valence-electron chi connectivity index (χ3n) is 2.81. The molecule has 0 aliphatic rings. The number of hydrogen-bond acceptors (Lipinski definition) is 2. The molecule has 0 saturated carbocycles. The Morgan fingerprint density at radius 1 is 1.33 bits per heavy atom. The Balaban J connectivity index is 2.84. The van der Waals surface area contributed by atoms with Gasteiger partial charge in [-0.3, -0.25) is 0 Å². The molecule has 0 heterocycles. The Hall–Kier alpha value is -2.25. The van der Waals surface area contributed by atoms with Crippen molar-refractivity contribution in [1.29, 1.82) is 0 Å². The summed E-state index contributed by atoms with van der Waals surface area (Å²) >= 11 is 0. The number of anilines is 1. The lowest BCUT2D eigenvalue weighted by molar-refractivity contribution is -0.139. The first-order chi connectivity index (χ1) is 9.65. The molecule has 0 aromatic heterocycles. The van der Waals surface area contributed by atoms with Crippen LogP contribution in [0.25, 0.3) is 0 Å². The van der Waals surface area contributed by atoms with Gasteiger partial charge in [0.15, 0.2) is 0 Å². The van der Waals surface area contributed by atoms with Crippen LogP contribution < -0.4 is 10.6 Å². The van der Waals surface area contributed by atoms with Crippen LogP contribution >= 0.6 is 0 Å². The molecule has 1 rings (SSSR count). The van der Waals surface area contributed by atoms with E-state index in [4.69, 9.17) is 5.11 Å². The zero-order valence-electron chi connectivity index (χ0n) is 11.4. The number of amides is 2. The average molecular weight is 304 g/mol. The van der Waals surface area contributed by atoms with Crippen molar-refractivity contribution in [3.8, 4) is 0 Å². The van der Waals surface area contributed by atoms with Crippen LogP contribution in [0.4, 0.5) is 23.7 Å². The zero-order valence-corrected chi connectivity index (χ0v) is 11.4. The summed E-state index contributed by atoms with van der Waals surface area (Å²) < 4.78 is 38.2. The minimum atomic E-state index is -4.52. The molecule has 21 heavy (non-hydrogen) atoms. The topological polar surface area (TPSA) is 78.4 Å². The third-order valence-corrected chi connectivity index (χ3v) is 2.81. The summed E-state index contributed by atoms with van der Waals surface area (Å²) in [7, 11) is 0. The normalized spacial score (nSPS) is 12.6. The van der Waals surface area contributed by atoms with Crippen LogP contribution in [0.2, 0.25) is 0 Å². The van der Waals surface area contributed by atoms with Gasteiger partial charge in [-0.2, -0.15) is 13.2 Å². The molecule has 0 spiro atoms. The maximum absolute atomic E-state index is 12.7. The Labute approximate surface area is 119 Å². The smallest absolute Gasteiger partial charge is 0.416 e. The van der Waals surface area contributed by atoms with Crippen molar-refractivity contribution in [3.05, 3.63) is 29.3 Å². The fourth-order valence-electron chi connectivity index (χ4n) is 1.67. The van der Waals surface area contributed by atoms with Crippen LogP contribution in [0.1, 0.15) is 24.5 Å². The van der Waals surface area contributed by atoms with Crippen molar-refractivity contribution in [2.75, 3.05) is 5.32 Å². The number of rotatable bonds is 4. The van der Waals surface area contributed by atoms with Gasteiger partial charge in [-0.15, -0.1) is 0 Å². The number of benzene rings is 1. The monoisotopic (exact) mass is 304 g/mol. The molecule has 0 aliphatic heterocycles. The number of carbonyl (C=O) groups is 2. The standard InChI is InChI=1S/C13H15F3N2O3/c1-3-10(11(19)20)18-12(21)17-8-5-4-7(2)9(6-8)13(14,15)16/h4-6,10H,3H2,1-2H3,(H,19,20)(H2,17,18,21)/t10-/m1/s1. The molecule has 1 aromatic carbocycles. The van der Waals surface area contributed by atoms with E-state index in [1.807, 2.05) is 0 Å². The van der Waals surface area contributed by atoms with Crippen molar-refractivity contribution >= 4 is 17.7 Å². The van der Waals surface area contributed by atoms with E-state index in [-0.39, 0.29) is 17.7 Å². The minimum Gasteiger partial charge on any atom is -0.480 e. The van der Waals surface area contributed by atoms with Crippen LogP contribution in [0.5, 0.6) is 0 Å². The van der Waals surface area contributed by atoms with E-state index in [1.165, 1.54) is 19.1 Å². The van der Waals surface area contributed by atoms with E-state index >= 15 is 0 Å². The molecule has 0 aliphatic carbocycles. The minimum absolute atomic E-state index is 0.0328. The van der Waals surface area contributed by atoms with Gasteiger partial charge < -0.3 is 15.7 Å². The number of aliphatic carboxylic acids is 1. The predicted molar refractivity (Wildman–Crippen MR) is 70.1 cm³/mol. The van der Waals surface area contributed by atoms with Gasteiger partial charge in [0.2, 0.25) is 0 Å². The SMILES string of the molecule is CC[C@@H](NC(=O)Nc1ccc(C)c(C(F)(F)F)c1)C(=O)O. The fraction of sp³-hybridized carbons (Fsp3) is 0.385. The molecule has 5 nitrogen and oxygen atoms in total. The maximum Gasteiger partial charge on any atom is 0.416 e. The number of urea groups is 1. The maximum atomic E-state index is 12.7. The number of alkyl halides is 3. The summed E-state index contributed by atoms with van der Waals surface area (Å²) in [6, 6.07) is 1.37. The molecule has 2 amide bonds. The van der Waals surface area contributed by atoms with Crippen LogP contribution in [0.3, 0.4) is 0 Å². The van der Waals surface area contributed by atoms with E-state index < -0.39 is 29.8 Å². The summed E-state index contributed by atoms with van der Waals surface area (Å²) in [5, 5.41) is 13.1. The molecule has 0 bridgehead atoms. The lowest BCUT2D eigenvalue weighted by Gasteiger charge is -2.15. The number of carboxylic acids is 1. The van der Waals surface area contributed by atoms with Gasteiger partial charge in [-0.25, -0.2) is 9.59 Å². The number of nitrogens with one attached hydrogen (secondary N) is 2. The van der Waals surface area contributed by atoms with E-state index in [9.17, 15) is 22.8 Å². The second-order valence-corrected chi connectivity index (χ2v) is 4.42. The lowest BCUT2D eigenvalue weighted by Crippen LogP contribution is -2.42. The second-order valence-electron chi connectivity index (χ2n) is 4.42. The Morgan fingerprint density at radius 2 is 1.95 bits per heavy atom. The second kappa shape index (κ2) is 6.47. The van der Waals surface area contributed by atoms with Gasteiger partial charge in [-0.05, 0) is 31.0 Å². The Kier molecular flexibility index (Phi) is 5.17. The van der Waals surface area contributed by atoms with Crippen molar-refractivity contribution in [2.24, 2.45) is 0 Å². The quantitative estimate of drug-likeness (QED) is 0.800. The largest absolute Gasteiger partial charge is 0.480 e. The summed E-state index contributed by atoms with van der Waals surface area (Å²) in [5.41, 5.74) is -0.887. The molecule has 8 heteroatoms. The van der Waals surface area contributed by atoms with Crippen molar-refractivity contribution in [3.63, 3.8) is 0 Å². The molecule has 0 unspecified atom stereocenters. The highest BCUT2D eigenvalue weighted by Crippen LogP contribution is 2.33. The first kappa shape index (κ1) is 16.8. The molecule has 1 atom stereocenters. The average Bonchev–Trinajstić information content (AvgIpc) is 2.36. The summed E-state index contributed by atoms with van der Waals surface area (Å²) in [4.78, 5) is 22.3. The number of carboxylic acid groups (broad SMARTS) is 1. The van der Waals surface area contributed by atoms with Crippen LogP contribution in [0.15, 0.2) is 18.2 Å². The van der Waals surface area contributed by atoms with E-state index in [0.717, 1.165) is 6.07 Å². The summed E-state index contributed by atoms with van der Waals surface area (Å²) in [5.74, 6) is -1.22. The zero-order chi connectivity index (χ0) is 16.2. The number of carbonyl (C=O) groups excluding carboxylic acids is 1. The first-order valence-electron chi connectivity index (χ1n) is 6.13. The van der Waals surface area contributed by atoms with E-state index in [0.29, 0.717) is 0 Å². The highest BCUT2D eigenvalue weighted by atomic mass is 19.4. The molecule has 1 aromatic rings. The summed E-state index contributed by atoms with van der Waals surface area (Å²) in [6.45, 7) is 2.87. The molecule has 0 radical (unpaired) electrons. The van der Waals surface area contributed by atoms with Crippen molar-refractivity contribution in [2.45, 2.75) is 32.5 Å². The van der Waals surface area contributed by atoms with Gasteiger partial charge in [-0.1, -0.05) is 13.0 Å². The van der Waals surface area contributed by atoms with Gasteiger partial charge in [0.05, 0.1) is 5.56 Å². The van der Waals surface area contributed by atoms with Gasteiger partial charge in [0, 0.05) is 5.69 Å². The van der Waals surface area contributed by atoms with Crippen molar-refractivity contribution < 1.29 is 27.9 Å². The molecule has 0 saturated heterocycles. The molecular formula is C13H15F3N2O3. The van der Waals surface area contributed by atoms with Gasteiger partial charge in [0.1, 0.15) is 6.04 Å². The third kappa shape index (κ3) is 4.66. The van der Waals surface area contributed by atoms with E-state index in [2.05, 4.69) is 10.6 Å². The Bertz CT molecular complexity index is 544. The lowest BCUT2D eigenvalue weighted by atomic mass is 10.1. The highest BCUT2D eigenvalue weighted by Gasteiger charge is 2.32. The van der Waals surface area contributed by atoms with Crippen LogP contribution in [0, 0.1) is 6.92 Å². The molecule has 3 N–H and O–H groups in total. The van der Waals surface area contributed by atoms with Gasteiger partial charge >= 0.3 is 18.2 Å². The number of aryl methyl sites for hydroxylation is 1. The van der Waals surface area contributed by atoms with Gasteiger partial charge in [0.25, 0.3) is 0 Å². The Morgan fingerprint density at radius 3 is 2.43 bits per heavy atom. The molecule has 116 valence electrons. The molecule has 0 fully saturated rings. The van der Waals surface area contributed by atoms with E-state index in [1.54, 1.807) is 6.92 Å². The van der Waals surface area contributed by atoms with Crippen LogP contribution in [-0.2, 0) is 11.0 Å². The predicted octanol–water partition coefficient (Wildman–Crippen LogP) is 3.00. The number of halogens is 3. The first-order valence-corrected chi connectivity index (χ1v) is 6.13. The fourth-order valence-corrected chi connectivity index (χ4v) is 1.67.